The molecule has 0 bridgehead atoms. The highest BCUT2D eigenvalue weighted by Crippen LogP contribution is 2.29. The van der Waals surface area contributed by atoms with Gasteiger partial charge in [0.2, 0.25) is 0 Å². The summed E-state index contributed by atoms with van der Waals surface area (Å²) in [5, 5.41) is 0. The van der Waals surface area contributed by atoms with Gasteiger partial charge in [-0.2, -0.15) is 0 Å². The molecule has 2 aromatic rings. The van der Waals surface area contributed by atoms with Crippen LogP contribution in [0.2, 0.25) is 0 Å². The Balaban J connectivity index is 1.28. The Labute approximate surface area is 190 Å². The molecule has 0 unspecified atom stereocenters. The highest BCUT2D eigenvalue weighted by molar-refractivity contribution is 5.97. The van der Waals surface area contributed by atoms with Crippen molar-refractivity contribution in [2.75, 3.05) is 37.6 Å². The number of piperidine rings is 1. The molecule has 3 heterocycles. The normalized spacial score (nSPS) is 20.2. The van der Waals surface area contributed by atoms with Crippen LogP contribution in [0.4, 0.5) is 5.69 Å². The third-order valence-electron chi connectivity index (χ3n) is 6.87. The summed E-state index contributed by atoms with van der Waals surface area (Å²) in [4.78, 5) is 24.2. The highest BCUT2D eigenvalue weighted by Gasteiger charge is 2.28. The van der Waals surface area contributed by atoms with Gasteiger partial charge in [-0.1, -0.05) is 30.3 Å². The first-order valence-electron chi connectivity index (χ1n) is 11.7. The van der Waals surface area contributed by atoms with Gasteiger partial charge in [-0.15, -0.1) is 0 Å². The molecule has 3 aliphatic rings. The lowest BCUT2D eigenvalue weighted by molar-refractivity contribution is 0.0644. The first kappa shape index (κ1) is 20.8. The molecule has 0 aliphatic carbocycles. The number of likely N-dealkylation sites (tertiary alicyclic amines) is 2. The maximum absolute atomic E-state index is 13.1. The molecular weight excluding hydrogens is 398 g/mol. The predicted molar refractivity (Wildman–Crippen MR) is 130 cm³/mol. The minimum atomic E-state index is 0.135. The number of carbonyl (C=O) groups is 1. The maximum atomic E-state index is 13.1. The molecule has 0 saturated carbocycles. The van der Waals surface area contributed by atoms with E-state index in [1.54, 1.807) is 0 Å². The van der Waals surface area contributed by atoms with Gasteiger partial charge in [-0.3, -0.25) is 4.79 Å². The average Bonchev–Trinajstić information content (AvgIpc) is 3.39. The fourth-order valence-electron chi connectivity index (χ4n) is 5.08. The summed E-state index contributed by atoms with van der Waals surface area (Å²) in [6, 6.07) is 18.7. The van der Waals surface area contributed by atoms with E-state index in [-0.39, 0.29) is 5.91 Å². The molecule has 32 heavy (non-hydrogen) atoms. The first-order valence-corrected chi connectivity index (χ1v) is 11.7. The number of nitrogens with zero attached hydrogens (tertiary/aromatic N) is 4. The SMILES string of the molecule is NC1=NC=C(c2ccc(C(=O)N3CCC(N4CCCC4)CC3)cc2)N(c2ccccc2)C1. The van der Waals surface area contributed by atoms with E-state index in [9.17, 15) is 4.79 Å². The van der Waals surface area contributed by atoms with Gasteiger partial charge in [0.25, 0.3) is 5.91 Å². The van der Waals surface area contributed by atoms with Crippen molar-refractivity contribution in [1.29, 1.82) is 0 Å². The molecule has 5 rings (SSSR count). The minimum absolute atomic E-state index is 0.135. The number of amides is 1. The van der Waals surface area contributed by atoms with E-state index in [2.05, 4.69) is 26.9 Å². The molecular formula is C26H31N5O. The van der Waals surface area contributed by atoms with Crippen LogP contribution in [-0.4, -0.2) is 60.3 Å². The molecule has 3 aliphatic heterocycles. The van der Waals surface area contributed by atoms with Crippen LogP contribution in [0, 0.1) is 0 Å². The lowest BCUT2D eigenvalue weighted by atomic mass is 10.0. The maximum Gasteiger partial charge on any atom is 0.253 e. The monoisotopic (exact) mass is 429 g/mol. The van der Waals surface area contributed by atoms with Gasteiger partial charge in [-0.05, 0) is 68.6 Å². The molecule has 2 saturated heterocycles. The fraction of sp³-hybridized carbons (Fsp3) is 0.385. The smallest absolute Gasteiger partial charge is 0.253 e. The number of nitrogens with two attached hydrogens (primary N) is 1. The number of anilines is 1. The van der Waals surface area contributed by atoms with Crippen LogP contribution in [0.25, 0.3) is 5.70 Å². The minimum Gasteiger partial charge on any atom is -0.386 e. The topological polar surface area (TPSA) is 65.2 Å². The Kier molecular flexibility index (Phi) is 5.95. The second kappa shape index (κ2) is 9.17. The van der Waals surface area contributed by atoms with Crippen LogP contribution in [0.15, 0.2) is 65.8 Å². The summed E-state index contributed by atoms with van der Waals surface area (Å²) < 4.78 is 0. The lowest BCUT2D eigenvalue weighted by Gasteiger charge is -2.36. The predicted octanol–water partition coefficient (Wildman–Crippen LogP) is 3.56. The van der Waals surface area contributed by atoms with Crippen molar-refractivity contribution < 1.29 is 4.79 Å². The number of aliphatic imine (C=N–C) groups is 1. The number of hydrogen-bond acceptors (Lipinski definition) is 5. The molecule has 6 nitrogen and oxygen atoms in total. The van der Waals surface area contributed by atoms with Crippen LogP contribution in [0.1, 0.15) is 41.6 Å². The zero-order chi connectivity index (χ0) is 21.9. The Morgan fingerprint density at radius 3 is 2.28 bits per heavy atom. The number of hydrogen-bond donors (Lipinski definition) is 1. The standard InChI is InChI=1S/C26H31N5O/c27-25-19-31(23-6-2-1-3-7-23)24(18-28-25)20-8-10-21(11-9-20)26(32)30-16-12-22(13-17-30)29-14-4-5-15-29/h1-3,6-11,18,22H,4-5,12-17,19H2,(H2,27,28). The number of para-hydroxylation sites is 1. The molecule has 2 fully saturated rings. The summed E-state index contributed by atoms with van der Waals surface area (Å²) in [6.07, 6.45) is 6.62. The van der Waals surface area contributed by atoms with Gasteiger partial charge >= 0.3 is 0 Å². The molecule has 0 aromatic heterocycles. The molecule has 2 aromatic carbocycles. The van der Waals surface area contributed by atoms with Gasteiger partial charge in [0.1, 0.15) is 5.84 Å². The van der Waals surface area contributed by atoms with E-state index >= 15 is 0 Å². The third kappa shape index (κ3) is 4.28. The van der Waals surface area contributed by atoms with E-state index in [4.69, 9.17) is 5.73 Å². The van der Waals surface area contributed by atoms with Crippen LogP contribution in [-0.2, 0) is 0 Å². The van der Waals surface area contributed by atoms with E-state index in [1.807, 2.05) is 53.6 Å². The third-order valence-corrected chi connectivity index (χ3v) is 6.87. The van der Waals surface area contributed by atoms with Crippen molar-refractivity contribution >= 4 is 23.1 Å². The van der Waals surface area contributed by atoms with Crippen LogP contribution in [0.3, 0.4) is 0 Å². The Hall–Kier alpha value is -3.12. The lowest BCUT2D eigenvalue weighted by Crippen LogP contribution is -2.45. The van der Waals surface area contributed by atoms with E-state index in [0.29, 0.717) is 18.4 Å². The van der Waals surface area contributed by atoms with Gasteiger partial charge in [-0.25, -0.2) is 4.99 Å². The largest absolute Gasteiger partial charge is 0.386 e. The van der Waals surface area contributed by atoms with Gasteiger partial charge < -0.3 is 20.4 Å². The number of rotatable bonds is 4. The Morgan fingerprint density at radius 1 is 0.906 bits per heavy atom. The second-order valence-electron chi connectivity index (χ2n) is 8.90. The zero-order valence-electron chi connectivity index (χ0n) is 18.5. The van der Waals surface area contributed by atoms with Gasteiger partial charge in [0.05, 0.1) is 18.4 Å². The van der Waals surface area contributed by atoms with Crippen molar-refractivity contribution in [3.63, 3.8) is 0 Å². The summed E-state index contributed by atoms with van der Waals surface area (Å²) in [7, 11) is 0. The number of carbonyl (C=O) groups excluding carboxylic acids is 1. The number of amidine groups is 1. The molecule has 166 valence electrons. The quantitative estimate of drug-likeness (QED) is 0.807. The average molecular weight is 430 g/mol. The Morgan fingerprint density at radius 2 is 1.59 bits per heavy atom. The van der Waals surface area contributed by atoms with Crippen LogP contribution in [0.5, 0.6) is 0 Å². The summed E-state index contributed by atoms with van der Waals surface area (Å²) in [6.45, 7) is 4.70. The molecule has 6 heteroatoms. The van der Waals surface area contributed by atoms with E-state index in [1.165, 1.54) is 25.9 Å². The molecule has 0 spiro atoms. The van der Waals surface area contributed by atoms with E-state index < -0.39 is 0 Å². The number of benzene rings is 2. The van der Waals surface area contributed by atoms with Gasteiger partial charge in [0.15, 0.2) is 0 Å². The molecule has 0 atom stereocenters. The van der Waals surface area contributed by atoms with Crippen LogP contribution < -0.4 is 10.6 Å². The highest BCUT2D eigenvalue weighted by atomic mass is 16.2. The second-order valence-corrected chi connectivity index (χ2v) is 8.90. The molecule has 0 radical (unpaired) electrons. The summed E-state index contributed by atoms with van der Waals surface area (Å²) in [5.74, 6) is 0.720. The summed E-state index contributed by atoms with van der Waals surface area (Å²) in [5.41, 5.74) is 9.83. The van der Waals surface area contributed by atoms with Crippen molar-refractivity contribution in [3.05, 3.63) is 71.9 Å². The molecule has 1 amide bonds. The van der Waals surface area contributed by atoms with Gasteiger partial charge in [0, 0.05) is 30.4 Å². The van der Waals surface area contributed by atoms with Crippen molar-refractivity contribution in [1.82, 2.24) is 9.80 Å². The first-order chi connectivity index (χ1) is 15.7. The fourth-order valence-corrected chi connectivity index (χ4v) is 5.08. The van der Waals surface area contributed by atoms with Crippen LogP contribution >= 0.6 is 0 Å². The molecule has 2 N–H and O–H groups in total. The Bertz CT molecular complexity index is 1000. The van der Waals surface area contributed by atoms with Crippen molar-refractivity contribution in [2.45, 2.75) is 31.7 Å². The van der Waals surface area contributed by atoms with Crippen molar-refractivity contribution in [3.8, 4) is 0 Å². The van der Waals surface area contributed by atoms with E-state index in [0.717, 1.165) is 48.4 Å². The van der Waals surface area contributed by atoms with Crippen molar-refractivity contribution in [2.24, 2.45) is 10.7 Å². The summed E-state index contributed by atoms with van der Waals surface area (Å²) >= 11 is 0. The zero-order valence-corrected chi connectivity index (χ0v) is 18.5.